The third-order valence-electron chi connectivity index (χ3n) is 2.78. The van der Waals surface area contributed by atoms with Crippen LogP contribution in [-0.2, 0) is 0 Å². The number of nitrogens with zero attached hydrogens (tertiary/aromatic N) is 1. The number of carbonyl (C=O) groups is 1. The molecule has 0 saturated carbocycles. The summed E-state index contributed by atoms with van der Waals surface area (Å²) in [5.41, 5.74) is 0. The zero-order chi connectivity index (χ0) is 12.4. The number of rotatable bonds is 3. The maximum Gasteiger partial charge on any atom is 0.265 e. The fourth-order valence-electron chi connectivity index (χ4n) is 1.81. The molecular weight excluding hydrogens is 254 g/mol. The van der Waals surface area contributed by atoms with Crippen molar-refractivity contribution in [1.82, 2.24) is 4.90 Å². The van der Waals surface area contributed by atoms with E-state index in [2.05, 4.69) is 0 Å². The van der Waals surface area contributed by atoms with Gasteiger partial charge in [0, 0.05) is 23.2 Å². The standard InChI is InChI=1S/C13H14ClNOS/c1-3-15(4-2)13(16)12-11(14)9-7-5-6-8-10(9)17-12/h5-8H,3-4H2,1-2H3. The van der Waals surface area contributed by atoms with Gasteiger partial charge in [0.05, 0.1) is 5.02 Å². The van der Waals surface area contributed by atoms with Crippen LogP contribution in [0.25, 0.3) is 10.1 Å². The van der Waals surface area contributed by atoms with Crippen LogP contribution in [0, 0.1) is 0 Å². The third kappa shape index (κ3) is 2.17. The lowest BCUT2D eigenvalue weighted by Gasteiger charge is -2.17. The minimum absolute atomic E-state index is 0.0289. The van der Waals surface area contributed by atoms with E-state index in [1.165, 1.54) is 11.3 Å². The Bertz CT molecular complexity index is 545. The fraction of sp³-hybridized carbons (Fsp3) is 0.308. The van der Waals surface area contributed by atoms with E-state index < -0.39 is 0 Å². The summed E-state index contributed by atoms with van der Waals surface area (Å²) in [4.78, 5) is 14.7. The van der Waals surface area contributed by atoms with Gasteiger partial charge in [-0.05, 0) is 19.9 Å². The first-order valence-corrected chi connectivity index (χ1v) is 6.84. The number of fused-ring (bicyclic) bond motifs is 1. The second-order valence-corrected chi connectivity index (χ2v) is 5.15. The molecule has 0 spiro atoms. The van der Waals surface area contributed by atoms with Crippen LogP contribution in [0.3, 0.4) is 0 Å². The summed E-state index contributed by atoms with van der Waals surface area (Å²) in [6, 6.07) is 7.84. The first-order chi connectivity index (χ1) is 8.19. The Hall–Kier alpha value is -1.06. The Morgan fingerprint density at radius 3 is 2.53 bits per heavy atom. The molecule has 4 heteroatoms. The highest BCUT2D eigenvalue weighted by molar-refractivity contribution is 7.21. The molecule has 2 rings (SSSR count). The monoisotopic (exact) mass is 267 g/mol. The minimum Gasteiger partial charge on any atom is -0.338 e. The van der Waals surface area contributed by atoms with Crippen molar-refractivity contribution < 1.29 is 4.79 Å². The number of carbonyl (C=O) groups excluding carboxylic acids is 1. The van der Waals surface area contributed by atoms with Crippen LogP contribution >= 0.6 is 22.9 Å². The first kappa shape index (κ1) is 12.4. The van der Waals surface area contributed by atoms with E-state index in [-0.39, 0.29) is 5.91 Å². The van der Waals surface area contributed by atoms with E-state index in [1.54, 1.807) is 4.90 Å². The van der Waals surface area contributed by atoms with Crippen LogP contribution in [0.1, 0.15) is 23.5 Å². The zero-order valence-electron chi connectivity index (χ0n) is 9.87. The molecule has 17 heavy (non-hydrogen) atoms. The highest BCUT2D eigenvalue weighted by Crippen LogP contribution is 2.35. The van der Waals surface area contributed by atoms with Crippen molar-refractivity contribution in [1.29, 1.82) is 0 Å². The van der Waals surface area contributed by atoms with Crippen molar-refractivity contribution in [3.8, 4) is 0 Å². The Morgan fingerprint density at radius 1 is 1.29 bits per heavy atom. The summed E-state index contributed by atoms with van der Waals surface area (Å²) in [5.74, 6) is 0.0289. The Morgan fingerprint density at radius 2 is 1.94 bits per heavy atom. The topological polar surface area (TPSA) is 20.3 Å². The van der Waals surface area contributed by atoms with Crippen LogP contribution < -0.4 is 0 Å². The Kier molecular flexibility index (Phi) is 3.69. The molecule has 0 unspecified atom stereocenters. The number of halogens is 1. The SMILES string of the molecule is CCN(CC)C(=O)c1sc2ccccc2c1Cl. The number of thiophene rings is 1. The van der Waals surface area contributed by atoms with E-state index in [0.717, 1.165) is 10.1 Å². The van der Waals surface area contributed by atoms with E-state index in [4.69, 9.17) is 11.6 Å². The highest BCUT2D eigenvalue weighted by Gasteiger charge is 2.20. The average Bonchev–Trinajstić information content (AvgIpc) is 2.69. The molecule has 1 heterocycles. The molecule has 0 N–H and O–H groups in total. The van der Waals surface area contributed by atoms with E-state index >= 15 is 0 Å². The predicted molar refractivity (Wildman–Crippen MR) is 74.1 cm³/mol. The molecule has 0 aliphatic carbocycles. The van der Waals surface area contributed by atoms with Crippen molar-refractivity contribution in [3.63, 3.8) is 0 Å². The summed E-state index contributed by atoms with van der Waals surface area (Å²) in [6.07, 6.45) is 0. The molecule has 0 aliphatic rings. The Balaban J connectivity index is 2.49. The molecule has 0 radical (unpaired) electrons. The lowest BCUT2D eigenvalue weighted by molar-refractivity contribution is 0.0778. The summed E-state index contributed by atoms with van der Waals surface area (Å²) in [6.45, 7) is 5.37. The van der Waals surface area contributed by atoms with Gasteiger partial charge in [0.15, 0.2) is 0 Å². The molecule has 0 atom stereocenters. The van der Waals surface area contributed by atoms with Gasteiger partial charge in [-0.3, -0.25) is 4.79 Å². The van der Waals surface area contributed by atoms with Crippen molar-refractivity contribution in [2.75, 3.05) is 13.1 Å². The van der Waals surface area contributed by atoms with Crippen molar-refractivity contribution >= 4 is 38.9 Å². The third-order valence-corrected chi connectivity index (χ3v) is 4.44. The summed E-state index contributed by atoms with van der Waals surface area (Å²) >= 11 is 7.74. The molecule has 2 aromatic rings. The van der Waals surface area contributed by atoms with Gasteiger partial charge in [0.1, 0.15) is 4.88 Å². The highest BCUT2D eigenvalue weighted by atomic mass is 35.5. The quantitative estimate of drug-likeness (QED) is 0.822. The van der Waals surface area contributed by atoms with Crippen LogP contribution in [0.15, 0.2) is 24.3 Å². The summed E-state index contributed by atoms with van der Waals surface area (Å²) in [7, 11) is 0. The van der Waals surface area contributed by atoms with Gasteiger partial charge in [-0.2, -0.15) is 0 Å². The molecular formula is C13H14ClNOS. The number of amides is 1. The zero-order valence-corrected chi connectivity index (χ0v) is 11.4. The van der Waals surface area contributed by atoms with Gasteiger partial charge in [0.2, 0.25) is 0 Å². The number of hydrogen-bond acceptors (Lipinski definition) is 2. The van der Waals surface area contributed by atoms with Gasteiger partial charge in [-0.1, -0.05) is 29.8 Å². The predicted octanol–water partition coefficient (Wildman–Crippen LogP) is 4.04. The van der Waals surface area contributed by atoms with Crippen LogP contribution in [-0.4, -0.2) is 23.9 Å². The lowest BCUT2D eigenvalue weighted by atomic mass is 10.2. The Labute approximate surface area is 110 Å². The molecule has 1 amide bonds. The molecule has 0 aliphatic heterocycles. The second-order valence-electron chi connectivity index (χ2n) is 3.72. The lowest BCUT2D eigenvalue weighted by Crippen LogP contribution is -2.29. The number of hydrogen-bond donors (Lipinski definition) is 0. The van der Waals surface area contributed by atoms with Gasteiger partial charge in [0.25, 0.3) is 5.91 Å². The fourth-order valence-corrected chi connectivity index (χ4v) is 3.29. The van der Waals surface area contributed by atoms with Gasteiger partial charge >= 0.3 is 0 Å². The van der Waals surface area contributed by atoms with E-state index in [0.29, 0.717) is 23.0 Å². The van der Waals surface area contributed by atoms with Crippen molar-refractivity contribution in [3.05, 3.63) is 34.2 Å². The summed E-state index contributed by atoms with van der Waals surface area (Å²) < 4.78 is 1.06. The van der Waals surface area contributed by atoms with Crippen LogP contribution in [0.4, 0.5) is 0 Å². The summed E-state index contributed by atoms with van der Waals surface area (Å²) in [5, 5.41) is 1.55. The van der Waals surface area contributed by atoms with Gasteiger partial charge < -0.3 is 4.90 Å². The van der Waals surface area contributed by atoms with E-state index in [1.807, 2.05) is 38.1 Å². The number of benzene rings is 1. The second kappa shape index (κ2) is 5.07. The van der Waals surface area contributed by atoms with Gasteiger partial charge in [-0.15, -0.1) is 11.3 Å². The molecule has 1 aromatic carbocycles. The van der Waals surface area contributed by atoms with Crippen molar-refractivity contribution in [2.45, 2.75) is 13.8 Å². The smallest absolute Gasteiger partial charge is 0.265 e. The largest absolute Gasteiger partial charge is 0.338 e. The normalized spacial score (nSPS) is 10.8. The van der Waals surface area contributed by atoms with Crippen LogP contribution in [0.2, 0.25) is 5.02 Å². The molecule has 2 nitrogen and oxygen atoms in total. The minimum atomic E-state index is 0.0289. The van der Waals surface area contributed by atoms with Crippen LogP contribution in [0.5, 0.6) is 0 Å². The van der Waals surface area contributed by atoms with Gasteiger partial charge in [-0.25, -0.2) is 0 Å². The molecule has 0 fully saturated rings. The molecule has 90 valence electrons. The molecule has 0 bridgehead atoms. The maximum absolute atomic E-state index is 12.2. The molecule has 0 saturated heterocycles. The van der Waals surface area contributed by atoms with E-state index in [9.17, 15) is 4.79 Å². The average molecular weight is 268 g/mol. The van der Waals surface area contributed by atoms with Crippen molar-refractivity contribution in [2.24, 2.45) is 0 Å². The maximum atomic E-state index is 12.2. The first-order valence-electron chi connectivity index (χ1n) is 5.65. The molecule has 1 aromatic heterocycles.